The van der Waals surface area contributed by atoms with Gasteiger partial charge in [0.05, 0.1) is 0 Å². The Hall–Kier alpha value is -3.97. The minimum atomic E-state index is 0.278. The van der Waals surface area contributed by atoms with E-state index in [-0.39, 0.29) is 6.79 Å². The molecule has 4 aromatic rings. The van der Waals surface area contributed by atoms with E-state index < -0.39 is 0 Å². The van der Waals surface area contributed by atoms with Crippen LogP contribution in [0, 0.1) is 0 Å². The summed E-state index contributed by atoms with van der Waals surface area (Å²) in [6.07, 6.45) is 7.01. The number of fused-ring (bicyclic) bond motifs is 1. The summed E-state index contributed by atoms with van der Waals surface area (Å²) in [5, 5.41) is 0. The zero-order valence-electron chi connectivity index (χ0n) is 17.4. The summed E-state index contributed by atoms with van der Waals surface area (Å²) in [7, 11) is 0. The monoisotopic (exact) mass is 426 g/mol. The predicted molar refractivity (Wildman–Crippen MR) is 118 cm³/mol. The second-order valence-corrected chi connectivity index (χ2v) is 7.47. The van der Waals surface area contributed by atoms with Crippen LogP contribution in [0.15, 0.2) is 85.5 Å². The van der Waals surface area contributed by atoms with E-state index in [2.05, 4.69) is 50.2 Å². The third-order valence-corrected chi connectivity index (χ3v) is 5.05. The zero-order chi connectivity index (χ0) is 21.6. The van der Waals surface area contributed by atoms with E-state index in [9.17, 15) is 0 Å². The van der Waals surface area contributed by atoms with E-state index in [0.717, 1.165) is 36.7 Å². The van der Waals surface area contributed by atoms with Crippen LogP contribution in [0.1, 0.15) is 16.7 Å². The molecule has 0 spiro atoms. The van der Waals surface area contributed by atoms with Gasteiger partial charge < -0.3 is 14.2 Å². The third kappa shape index (κ3) is 5.01. The molecule has 0 bridgehead atoms. The van der Waals surface area contributed by atoms with E-state index in [4.69, 9.17) is 14.2 Å². The summed E-state index contributed by atoms with van der Waals surface area (Å²) in [4.78, 5) is 14.8. The van der Waals surface area contributed by atoms with Crippen LogP contribution < -0.4 is 14.2 Å². The number of pyridine rings is 1. The molecular formula is C25H22N4O3. The van der Waals surface area contributed by atoms with E-state index in [1.165, 1.54) is 11.1 Å². The lowest BCUT2D eigenvalue weighted by Crippen LogP contribution is -2.22. The minimum Gasteiger partial charge on any atom is -0.454 e. The van der Waals surface area contributed by atoms with Crippen molar-refractivity contribution in [2.45, 2.75) is 19.6 Å². The Kier molecular flexibility index (Phi) is 5.89. The lowest BCUT2D eigenvalue weighted by atomic mass is 10.1. The Labute approximate surface area is 186 Å². The first-order chi connectivity index (χ1) is 15.8. The van der Waals surface area contributed by atoms with Gasteiger partial charge >= 0.3 is 6.01 Å². The van der Waals surface area contributed by atoms with Gasteiger partial charge in [-0.1, -0.05) is 24.3 Å². The van der Waals surface area contributed by atoms with Crippen LogP contribution in [0.2, 0.25) is 0 Å². The van der Waals surface area contributed by atoms with Gasteiger partial charge in [0.15, 0.2) is 11.5 Å². The molecule has 2 aromatic heterocycles. The Bertz CT molecular complexity index is 1150. The fourth-order valence-electron chi connectivity index (χ4n) is 3.58. The van der Waals surface area contributed by atoms with Crippen molar-refractivity contribution in [2.24, 2.45) is 0 Å². The number of aromatic nitrogens is 3. The number of hydrogen-bond donors (Lipinski definition) is 0. The molecule has 5 rings (SSSR count). The van der Waals surface area contributed by atoms with Gasteiger partial charge in [0.1, 0.15) is 5.75 Å². The maximum atomic E-state index is 5.70. The van der Waals surface area contributed by atoms with Crippen molar-refractivity contribution < 1.29 is 14.2 Å². The molecule has 0 unspecified atom stereocenters. The minimum absolute atomic E-state index is 0.278. The molecule has 0 N–H and O–H groups in total. The second-order valence-electron chi connectivity index (χ2n) is 7.47. The molecule has 32 heavy (non-hydrogen) atoms. The van der Waals surface area contributed by atoms with Crippen molar-refractivity contribution in [1.29, 1.82) is 0 Å². The Morgan fingerprint density at radius 1 is 0.750 bits per heavy atom. The first-order valence-electron chi connectivity index (χ1n) is 10.4. The van der Waals surface area contributed by atoms with Crippen LogP contribution >= 0.6 is 0 Å². The molecule has 160 valence electrons. The maximum absolute atomic E-state index is 5.70. The fourth-order valence-corrected chi connectivity index (χ4v) is 3.58. The number of ether oxygens (including phenoxy) is 3. The molecule has 0 saturated carbocycles. The molecule has 0 aliphatic carbocycles. The van der Waals surface area contributed by atoms with Crippen LogP contribution in [-0.4, -0.2) is 26.6 Å². The zero-order valence-corrected chi connectivity index (χ0v) is 17.4. The smallest absolute Gasteiger partial charge is 0.321 e. The van der Waals surface area contributed by atoms with Gasteiger partial charge in [-0.3, -0.25) is 9.88 Å². The van der Waals surface area contributed by atoms with E-state index in [0.29, 0.717) is 11.8 Å². The average molecular weight is 426 g/mol. The number of rotatable bonds is 8. The Morgan fingerprint density at radius 3 is 2.31 bits per heavy atom. The van der Waals surface area contributed by atoms with Crippen molar-refractivity contribution in [3.05, 3.63) is 102 Å². The Balaban J connectivity index is 1.31. The number of benzene rings is 2. The third-order valence-electron chi connectivity index (χ3n) is 5.05. The normalized spacial score (nSPS) is 12.2. The summed E-state index contributed by atoms with van der Waals surface area (Å²) in [6, 6.07) is 20.3. The van der Waals surface area contributed by atoms with Gasteiger partial charge in [-0.2, -0.15) is 0 Å². The lowest BCUT2D eigenvalue weighted by Gasteiger charge is -2.23. The van der Waals surface area contributed by atoms with E-state index in [1.54, 1.807) is 24.7 Å². The predicted octanol–water partition coefficient (Wildman–Crippen LogP) is 4.60. The van der Waals surface area contributed by atoms with Gasteiger partial charge in [-0.05, 0) is 53.1 Å². The summed E-state index contributed by atoms with van der Waals surface area (Å²) >= 11 is 0. The van der Waals surface area contributed by atoms with Gasteiger partial charge in [-0.25, -0.2) is 9.97 Å². The molecule has 1 aliphatic rings. The standard InChI is InChI=1S/C25H22N4O3/c1-3-21(14-26-10-1)17-29(16-20-6-9-23-24(13-20)31-18-30-23)15-19-4-7-22(8-5-19)32-25-27-11-2-12-28-25/h1-14H,15-18H2. The van der Waals surface area contributed by atoms with Crippen molar-refractivity contribution in [2.75, 3.05) is 6.79 Å². The molecule has 0 radical (unpaired) electrons. The van der Waals surface area contributed by atoms with Gasteiger partial charge in [-0.15, -0.1) is 0 Å². The molecule has 7 nitrogen and oxygen atoms in total. The molecule has 0 atom stereocenters. The van der Waals surface area contributed by atoms with Crippen molar-refractivity contribution >= 4 is 0 Å². The first-order valence-corrected chi connectivity index (χ1v) is 10.4. The summed E-state index contributed by atoms with van der Waals surface area (Å²) < 4.78 is 16.7. The molecular weight excluding hydrogens is 404 g/mol. The molecule has 0 fully saturated rings. The van der Waals surface area contributed by atoms with Crippen molar-refractivity contribution in [3.63, 3.8) is 0 Å². The highest BCUT2D eigenvalue weighted by Gasteiger charge is 2.15. The lowest BCUT2D eigenvalue weighted by molar-refractivity contribution is 0.174. The summed E-state index contributed by atoms with van der Waals surface area (Å²) in [6.45, 7) is 2.59. The van der Waals surface area contributed by atoms with Crippen LogP contribution in [-0.2, 0) is 19.6 Å². The molecule has 7 heteroatoms. The molecule has 2 aromatic carbocycles. The fraction of sp³-hybridized carbons (Fsp3) is 0.160. The summed E-state index contributed by atoms with van der Waals surface area (Å²) in [5.74, 6) is 2.30. The highest BCUT2D eigenvalue weighted by Crippen LogP contribution is 2.33. The molecule has 0 amide bonds. The van der Waals surface area contributed by atoms with E-state index >= 15 is 0 Å². The second kappa shape index (κ2) is 9.45. The highest BCUT2D eigenvalue weighted by molar-refractivity contribution is 5.44. The first kappa shape index (κ1) is 20.0. The van der Waals surface area contributed by atoms with E-state index in [1.807, 2.05) is 30.5 Å². The molecule has 0 saturated heterocycles. The van der Waals surface area contributed by atoms with Crippen LogP contribution in [0.3, 0.4) is 0 Å². The largest absolute Gasteiger partial charge is 0.454 e. The molecule has 1 aliphatic heterocycles. The SMILES string of the molecule is c1cnc(Oc2ccc(CN(Cc3cccnc3)Cc3ccc4c(c3)OCO4)cc2)nc1. The average Bonchev–Trinajstić information content (AvgIpc) is 3.30. The summed E-state index contributed by atoms with van der Waals surface area (Å²) in [5.41, 5.74) is 3.50. The van der Waals surface area contributed by atoms with Crippen LogP contribution in [0.25, 0.3) is 0 Å². The number of nitrogens with zero attached hydrogens (tertiary/aromatic N) is 4. The van der Waals surface area contributed by atoms with Gasteiger partial charge in [0.25, 0.3) is 0 Å². The van der Waals surface area contributed by atoms with Crippen molar-refractivity contribution in [3.8, 4) is 23.3 Å². The Morgan fingerprint density at radius 2 is 1.50 bits per heavy atom. The van der Waals surface area contributed by atoms with Gasteiger partial charge in [0, 0.05) is 44.4 Å². The number of hydrogen-bond acceptors (Lipinski definition) is 7. The highest BCUT2D eigenvalue weighted by atomic mass is 16.7. The topological polar surface area (TPSA) is 69.6 Å². The van der Waals surface area contributed by atoms with Crippen molar-refractivity contribution in [1.82, 2.24) is 19.9 Å². The van der Waals surface area contributed by atoms with Crippen LogP contribution in [0.4, 0.5) is 0 Å². The van der Waals surface area contributed by atoms with Crippen LogP contribution in [0.5, 0.6) is 23.3 Å². The molecule has 3 heterocycles. The quantitative estimate of drug-likeness (QED) is 0.408. The maximum Gasteiger partial charge on any atom is 0.321 e. The van der Waals surface area contributed by atoms with Gasteiger partial charge in [0.2, 0.25) is 6.79 Å².